The number of rotatable bonds is 3. The molecule has 2 N–H and O–H groups in total. The summed E-state index contributed by atoms with van der Waals surface area (Å²) < 4.78 is 1.16. The summed E-state index contributed by atoms with van der Waals surface area (Å²) in [4.78, 5) is 9.35. The molecule has 0 fully saturated rings. The van der Waals surface area contributed by atoms with Crippen LogP contribution in [-0.2, 0) is 5.41 Å². The van der Waals surface area contributed by atoms with Gasteiger partial charge in [0.05, 0.1) is 5.69 Å². The second kappa shape index (κ2) is 6.17. The third kappa shape index (κ3) is 3.64. The van der Waals surface area contributed by atoms with Crippen LogP contribution in [0, 0.1) is 10.5 Å². The number of para-hydroxylation sites is 1. The number of nitrogens with zero attached hydrogens (tertiary/aromatic N) is 2. The van der Waals surface area contributed by atoms with Gasteiger partial charge in [-0.3, -0.25) is 0 Å². The molecule has 0 unspecified atom stereocenters. The van der Waals surface area contributed by atoms with E-state index in [0.717, 1.165) is 32.3 Å². The Labute approximate surface area is 139 Å². The van der Waals surface area contributed by atoms with E-state index in [4.69, 9.17) is 4.98 Å². The summed E-state index contributed by atoms with van der Waals surface area (Å²) in [6.07, 6.45) is 0. The Morgan fingerprint density at radius 2 is 1.67 bits per heavy atom. The van der Waals surface area contributed by atoms with E-state index in [0.29, 0.717) is 0 Å². The summed E-state index contributed by atoms with van der Waals surface area (Å²) in [5.74, 6) is 2.54. The average molecular weight is 396 g/mol. The van der Waals surface area contributed by atoms with E-state index in [1.54, 1.807) is 0 Å². The Kier molecular flexibility index (Phi) is 4.70. The minimum atomic E-state index is -0.0976. The van der Waals surface area contributed by atoms with Gasteiger partial charge < -0.3 is 10.6 Å². The van der Waals surface area contributed by atoms with Crippen molar-refractivity contribution in [2.24, 2.45) is 0 Å². The molecular formula is C16H21IN4. The molecule has 2 rings (SSSR count). The molecule has 0 saturated heterocycles. The number of nitrogens with one attached hydrogen (secondary N) is 2. The van der Waals surface area contributed by atoms with Crippen LogP contribution < -0.4 is 10.6 Å². The van der Waals surface area contributed by atoms with E-state index in [-0.39, 0.29) is 5.41 Å². The van der Waals surface area contributed by atoms with Gasteiger partial charge in [0.15, 0.2) is 0 Å². The highest BCUT2D eigenvalue weighted by molar-refractivity contribution is 14.1. The van der Waals surface area contributed by atoms with Gasteiger partial charge in [-0.25, -0.2) is 9.97 Å². The minimum Gasteiger partial charge on any atom is -0.373 e. The second-order valence-electron chi connectivity index (χ2n) is 5.97. The highest BCUT2D eigenvalue weighted by Crippen LogP contribution is 2.29. The van der Waals surface area contributed by atoms with Gasteiger partial charge >= 0.3 is 0 Å². The maximum Gasteiger partial charge on any atom is 0.139 e. The van der Waals surface area contributed by atoms with Gasteiger partial charge in [-0.2, -0.15) is 0 Å². The number of hydrogen-bond acceptors (Lipinski definition) is 4. The summed E-state index contributed by atoms with van der Waals surface area (Å²) >= 11 is 2.32. The zero-order chi connectivity index (χ0) is 15.6. The first kappa shape index (κ1) is 16.0. The summed E-state index contributed by atoms with van der Waals surface area (Å²) in [6.45, 7) is 8.38. The molecule has 0 radical (unpaired) electrons. The van der Waals surface area contributed by atoms with Gasteiger partial charge in [0.1, 0.15) is 17.5 Å². The van der Waals surface area contributed by atoms with Crippen molar-refractivity contribution in [3.05, 3.63) is 39.2 Å². The first-order valence-electron chi connectivity index (χ1n) is 6.91. The fourth-order valence-corrected chi connectivity index (χ4v) is 2.43. The summed E-state index contributed by atoms with van der Waals surface area (Å²) in [5, 5.41) is 6.58. The maximum absolute atomic E-state index is 4.72. The molecule has 1 aromatic carbocycles. The molecule has 112 valence electrons. The van der Waals surface area contributed by atoms with E-state index in [9.17, 15) is 0 Å². The van der Waals surface area contributed by atoms with E-state index in [1.807, 2.05) is 26.1 Å². The molecular weight excluding hydrogens is 375 g/mol. The molecule has 0 aliphatic heterocycles. The monoisotopic (exact) mass is 396 g/mol. The second-order valence-corrected chi connectivity index (χ2v) is 7.14. The molecule has 1 heterocycles. The molecule has 0 aliphatic carbocycles. The van der Waals surface area contributed by atoms with Gasteiger partial charge in [-0.15, -0.1) is 0 Å². The third-order valence-corrected chi connectivity index (χ3v) is 4.12. The molecule has 0 bridgehead atoms. The molecule has 0 saturated carbocycles. The van der Waals surface area contributed by atoms with Gasteiger partial charge in [-0.1, -0.05) is 32.9 Å². The Morgan fingerprint density at radius 3 is 2.24 bits per heavy atom. The average Bonchev–Trinajstić information content (AvgIpc) is 2.42. The molecule has 2 aromatic rings. The number of benzene rings is 1. The van der Waals surface area contributed by atoms with Crippen LogP contribution in [0.3, 0.4) is 0 Å². The van der Waals surface area contributed by atoms with Gasteiger partial charge in [-0.05, 0) is 41.6 Å². The van der Waals surface area contributed by atoms with Crippen molar-refractivity contribution in [1.29, 1.82) is 0 Å². The van der Waals surface area contributed by atoms with Crippen LogP contribution in [0.25, 0.3) is 0 Å². The molecule has 21 heavy (non-hydrogen) atoms. The van der Waals surface area contributed by atoms with Crippen molar-refractivity contribution in [2.45, 2.75) is 33.1 Å². The molecule has 0 aliphatic rings. The minimum absolute atomic E-state index is 0.0976. The summed E-state index contributed by atoms with van der Waals surface area (Å²) in [5.41, 5.74) is 1.98. The first-order valence-corrected chi connectivity index (χ1v) is 7.99. The standard InChI is InChI=1S/C16H21IN4/c1-10-13(18-5)20-15(16(2,3)4)21-14(10)19-12-9-7-6-8-11(12)17/h6-9H,1-5H3,(H2,18,19,20,21). The summed E-state index contributed by atoms with van der Waals surface area (Å²) in [7, 11) is 1.89. The predicted octanol–water partition coefficient (Wildman–Crippen LogP) is 4.47. The maximum atomic E-state index is 4.72. The highest BCUT2D eigenvalue weighted by atomic mass is 127. The number of halogens is 1. The van der Waals surface area contributed by atoms with Crippen LogP contribution >= 0.6 is 22.6 Å². The van der Waals surface area contributed by atoms with Crippen LogP contribution in [0.5, 0.6) is 0 Å². The summed E-state index contributed by atoms with van der Waals surface area (Å²) in [6, 6.07) is 8.17. The fourth-order valence-electron chi connectivity index (χ4n) is 1.91. The van der Waals surface area contributed by atoms with Crippen LogP contribution in [0.1, 0.15) is 32.2 Å². The van der Waals surface area contributed by atoms with Crippen LogP contribution in [-0.4, -0.2) is 17.0 Å². The van der Waals surface area contributed by atoms with Crippen molar-refractivity contribution in [3.8, 4) is 0 Å². The molecule has 0 amide bonds. The van der Waals surface area contributed by atoms with Crippen molar-refractivity contribution in [1.82, 2.24) is 9.97 Å². The number of anilines is 3. The van der Waals surface area contributed by atoms with Gasteiger partial charge in [0.2, 0.25) is 0 Å². The smallest absolute Gasteiger partial charge is 0.139 e. The Morgan fingerprint density at radius 1 is 1.05 bits per heavy atom. The van der Waals surface area contributed by atoms with E-state index in [1.165, 1.54) is 0 Å². The lowest BCUT2D eigenvalue weighted by Crippen LogP contribution is -2.19. The Hall–Kier alpha value is -1.37. The van der Waals surface area contributed by atoms with Crippen LogP contribution in [0.15, 0.2) is 24.3 Å². The van der Waals surface area contributed by atoms with Crippen molar-refractivity contribution < 1.29 is 0 Å². The quantitative estimate of drug-likeness (QED) is 0.752. The van der Waals surface area contributed by atoms with E-state index >= 15 is 0 Å². The lowest BCUT2D eigenvalue weighted by atomic mass is 9.95. The zero-order valence-corrected chi connectivity index (χ0v) is 15.2. The lowest BCUT2D eigenvalue weighted by molar-refractivity contribution is 0.546. The van der Waals surface area contributed by atoms with Gasteiger partial charge in [0.25, 0.3) is 0 Å². The first-order chi connectivity index (χ1) is 9.82. The molecule has 0 atom stereocenters. The van der Waals surface area contributed by atoms with Gasteiger partial charge in [0, 0.05) is 21.6 Å². The third-order valence-electron chi connectivity index (χ3n) is 3.18. The fraction of sp³-hybridized carbons (Fsp3) is 0.375. The Bertz CT molecular complexity index is 647. The number of hydrogen-bond donors (Lipinski definition) is 2. The SMILES string of the molecule is CNc1nc(C(C)(C)C)nc(Nc2ccccc2I)c1C. The van der Waals surface area contributed by atoms with E-state index < -0.39 is 0 Å². The number of aromatic nitrogens is 2. The molecule has 1 aromatic heterocycles. The highest BCUT2D eigenvalue weighted by Gasteiger charge is 2.21. The van der Waals surface area contributed by atoms with Crippen molar-refractivity contribution >= 4 is 39.9 Å². The lowest BCUT2D eigenvalue weighted by Gasteiger charge is -2.21. The largest absolute Gasteiger partial charge is 0.373 e. The van der Waals surface area contributed by atoms with Crippen molar-refractivity contribution in [3.63, 3.8) is 0 Å². The van der Waals surface area contributed by atoms with Crippen LogP contribution in [0.2, 0.25) is 0 Å². The zero-order valence-electron chi connectivity index (χ0n) is 13.1. The molecule has 5 heteroatoms. The molecule has 0 spiro atoms. The molecule has 4 nitrogen and oxygen atoms in total. The van der Waals surface area contributed by atoms with Crippen LogP contribution in [0.4, 0.5) is 17.3 Å². The Balaban J connectivity index is 2.50. The van der Waals surface area contributed by atoms with E-state index in [2.05, 4.69) is 71.1 Å². The normalized spacial score (nSPS) is 11.3. The van der Waals surface area contributed by atoms with Crippen molar-refractivity contribution in [2.75, 3.05) is 17.7 Å². The predicted molar refractivity (Wildman–Crippen MR) is 97.5 cm³/mol. The topological polar surface area (TPSA) is 49.8 Å².